The predicted octanol–water partition coefficient (Wildman–Crippen LogP) is 1.11. The second-order valence-electron chi connectivity index (χ2n) is 7.63. The number of amides is 1. The zero-order valence-electron chi connectivity index (χ0n) is 15.8. The van der Waals surface area contributed by atoms with E-state index < -0.39 is 15.6 Å². The maximum atomic E-state index is 12.7. The summed E-state index contributed by atoms with van der Waals surface area (Å²) in [5.74, 6) is 0.0590. The first-order chi connectivity index (χ1) is 12.7. The van der Waals surface area contributed by atoms with Crippen LogP contribution >= 0.6 is 0 Å². The highest BCUT2D eigenvalue weighted by atomic mass is 32.2. The summed E-state index contributed by atoms with van der Waals surface area (Å²) < 4.78 is 26.9. The van der Waals surface area contributed by atoms with Crippen molar-refractivity contribution in [2.45, 2.75) is 37.1 Å². The van der Waals surface area contributed by atoms with Gasteiger partial charge in [-0.2, -0.15) is 9.57 Å². The highest BCUT2D eigenvalue weighted by molar-refractivity contribution is 7.89. The first-order valence-electron chi connectivity index (χ1n) is 9.26. The van der Waals surface area contributed by atoms with Crippen LogP contribution in [0.15, 0.2) is 29.2 Å². The number of nitrogens with one attached hydrogen (secondary N) is 1. The lowest BCUT2D eigenvalue weighted by atomic mass is 9.98. The van der Waals surface area contributed by atoms with E-state index in [4.69, 9.17) is 0 Å². The summed E-state index contributed by atoms with van der Waals surface area (Å²) in [7, 11) is -3.50. The van der Waals surface area contributed by atoms with Crippen LogP contribution in [-0.2, 0) is 14.8 Å². The Hall–Kier alpha value is -1.95. The maximum absolute atomic E-state index is 12.7. The number of carbonyl (C=O) groups is 1. The van der Waals surface area contributed by atoms with Crippen LogP contribution in [0.2, 0.25) is 0 Å². The second kappa shape index (κ2) is 7.58. The highest BCUT2D eigenvalue weighted by Crippen LogP contribution is 2.39. The molecule has 1 aliphatic heterocycles. The zero-order chi connectivity index (χ0) is 19.7. The highest BCUT2D eigenvalue weighted by Gasteiger charge is 2.43. The van der Waals surface area contributed by atoms with Gasteiger partial charge in [0.05, 0.1) is 17.5 Å². The van der Waals surface area contributed by atoms with Crippen LogP contribution in [0.3, 0.4) is 0 Å². The van der Waals surface area contributed by atoms with Gasteiger partial charge < -0.3 is 5.32 Å². The van der Waals surface area contributed by atoms with Crippen LogP contribution in [0.4, 0.5) is 0 Å². The Morgan fingerprint density at radius 3 is 2.33 bits per heavy atom. The van der Waals surface area contributed by atoms with Crippen molar-refractivity contribution in [1.82, 2.24) is 14.5 Å². The fourth-order valence-electron chi connectivity index (χ4n) is 3.40. The summed E-state index contributed by atoms with van der Waals surface area (Å²) in [6, 6.07) is 9.06. The molecule has 1 heterocycles. The lowest BCUT2D eigenvalue weighted by Crippen LogP contribution is -2.54. The molecule has 1 amide bonds. The molecule has 2 aliphatic rings. The van der Waals surface area contributed by atoms with E-state index in [1.165, 1.54) is 4.31 Å². The Kier molecular flexibility index (Phi) is 5.56. The average Bonchev–Trinajstić information content (AvgIpc) is 3.48. The molecule has 27 heavy (non-hydrogen) atoms. The Balaban J connectivity index is 1.53. The molecule has 0 bridgehead atoms. The number of piperazine rings is 1. The first-order valence-corrected chi connectivity index (χ1v) is 10.7. The third kappa shape index (κ3) is 4.49. The molecule has 7 nitrogen and oxygen atoms in total. The number of benzene rings is 1. The Bertz CT molecular complexity index is 835. The fourth-order valence-corrected chi connectivity index (χ4v) is 4.82. The molecule has 1 N–H and O–H groups in total. The van der Waals surface area contributed by atoms with E-state index in [0.717, 1.165) is 18.4 Å². The zero-order valence-corrected chi connectivity index (χ0v) is 16.6. The summed E-state index contributed by atoms with van der Waals surface area (Å²) in [5, 5.41) is 12.2. The van der Waals surface area contributed by atoms with E-state index in [1.54, 1.807) is 31.2 Å². The largest absolute Gasteiger partial charge is 0.337 e. The van der Waals surface area contributed by atoms with Gasteiger partial charge in [0.2, 0.25) is 15.9 Å². The van der Waals surface area contributed by atoms with Crippen molar-refractivity contribution in [3.05, 3.63) is 29.8 Å². The SMILES string of the molecule is Cc1ccc(S(=O)(=O)N2CCN(CC(=O)NC(C)(C#N)C3CC3)CC2)cc1. The minimum Gasteiger partial charge on any atom is -0.337 e. The minimum absolute atomic E-state index is 0.180. The van der Waals surface area contributed by atoms with Gasteiger partial charge in [0.25, 0.3) is 0 Å². The van der Waals surface area contributed by atoms with Gasteiger partial charge in [-0.25, -0.2) is 8.42 Å². The molecule has 3 rings (SSSR count). The molecule has 1 aromatic carbocycles. The van der Waals surface area contributed by atoms with Gasteiger partial charge in [-0.3, -0.25) is 9.69 Å². The standard InChI is InChI=1S/C19H26N4O3S/c1-15-3-7-17(8-4-15)27(25,26)23-11-9-22(10-12-23)13-18(24)21-19(2,14-20)16-5-6-16/h3-4,7-8,16H,5-6,9-13H2,1-2H3,(H,21,24). The molecular weight excluding hydrogens is 364 g/mol. The Morgan fingerprint density at radius 1 is 1.22 bits per heavy atom. The van der Waals surface area contributed by atoms with Gasteiger partial charge in [-0.15, -0.1) is 0 Å². The van der Waals surface area contributed by atoms with Crippen molar-refractivity contribution in [2.24, 2.45) is 5.92 Å². The lowest BCUT2D eigenvalue weighted by molar-refractivity contribution is -0.123. The van der Waals surface area contributed by atoms with E-state index in [9.17, 15) is 18.5 Å². The summed E-state index contributed by atoms with van der Waals surface area (Å²) in [4.78, 5) is 14.5. The van der Waals surface area contributed by atoms with Crippen LogP contribution in [0, 0.1) is 24.2 Å². The van der Waals surface area contributed by atoms with E-state index in [-0.39, 0.29) is 18.4 Å². The van der Waals surface area contributed by atoms with Gasteiger partial charge in [0.15, 0.2) is 0 Å². The van der Waals surface area contributed by atoms with E-state index in [0.29, 0.717) is 31.1 Å². The molecule has 0 radical (unpaired) electrons. The molecule has 1 unspecified atom stereocenters. The van der Waals surface area contributed by atoms with E-state index in [2.05, 4.69) is 11.4 Å². The van der Waals surface area contributed by atoms with Crippen LogP contribution in [0.1, 0.15) is 25.3 Å². The molecule has 2 fully saturated rings. The van der Waals surface area contributed by atoms with Crippen molar-refractivity contribution in [3.63, 3.8) is 0 Å². The summed E-state index contributed by atoms with van der Waals surface area (Å²) in [6.07, 6.45) is 1.94. The first kappa shape index (κ1) is 19.8. The summed E-state index contributed by atoms with van der Waals surface area (Å²) in [5.41, 5.74) is 0.216. The third-order valence-corrected chi connectivity index (χ3v) is 7.30. The Morgan fingerprint density at radius 2 is 1.81 bits per heavy atom. The smallest absolute Gasteiger partial charge is 0.243 e. The number of nitriles is 1. The lowest BCUT2D eigenvalue weighted by Gasteiger charge is -2.34. The molecule has 1 saturated carbocycles. The van der Waals surface area contributed by atoms with Gasteiger partial charge in [-0.05, 0) is 44.7 Å². The average molecular weight is 391 g/mol. The Labute approximate surface area is 161 Å². The van der Waals surface area contributed by atoms with Crippen LogP contribution in [-0.4, -0.2) is 61.8 Å². The van der Waals surface area contributed by atoms with Gasteiger partial charge in [-0.1, -0.05) is 17.7 Å². The van der Waals surface area contributed by atoms with E-state index >= 15 is 0 Å². The van der Waals surface area contributed by atoms with Crippen molar-refractivity contribution < 1.29 is 13.2 Å². The molecule has 1 aliphatic carbocycles. The minimum atomic E-state index is -3.50. The second-order valence-corrected chi connectivity index (χ2v) is 9.57. The number of hydrogen-bond acceptors (Lipinski definition) is 5. The predicted molar refractivity (Wildman–Crippen MR) is 101 cm³/mol. The van der Waals surface area contributed by atoms with Crippen molar-refractivity contribution >= 4 is 15.9 Å². The number of sulfonamides is 1. The number of carbonyl (C=O) groups excluding carboxylic acids is 1. The number of nitrogens with zero attached hydrogens (tertiary/aromatic N) is 3. The van der Waals surface area contributed by atoms with Crippen LogP contribution in [0.5, 0.6) is 0 Å². The van der Waals surface area contributed by atoms with E-state index in [1.807, 2.05) is 11.8 Å². The van der Waals surface area contributed by atoms with Crippen LogP contribution in [0.25, 0.3) is 0 Å². The normalized spacial score (nSPS) is 21.2. The number of rotatable bonds is 6. The quantitative estimate of drug-likeness (QED) is 0.785. The molecular formula is C19H26N4O3S. The fraction of sp³-hybridized carbons (Fsp3) is 0.579. The van der Waals surface area contributed by atoms with Crippen molar-refractivity contribution in [3.8, 4) is 6.07 Å². The van der Waals surface area contributed by atoms with Gasteiger partial charge >= 0.3 is 0 Å². The molecule has 8 heteroatoms. The van der Waals surface area contributed by atoms with Crippen molar-refractivity contribution in [2.75, 3.05) is 32.7 Å². The molecule has 1 aromatic rings. The van der Waals surface area contributed by atoms with Crippen LogP contribution < -0.4 is 5.32 Å². The summed E-state index contributed by atoms with van der Waals surface area (Å²) in [6.45, 7) is 5.55. The molecule has 1 saturated heterocycles. The third-order valence-electron chi connectivity index (χ3n) is 5.38. The molecule has 146 valence electrons. The topological polar surface area (TPSA) is 93.5 Å². The maximum Gasteiger partial charge on any atom is 0.243 e. The molecule has 1 atom stereocenters. The number of hydrogen-bond donors (Lipinski definition) is 1. The monoisotopic (exact) mass is 390 g/mol. The summed E-state index contributed by atoms with van der Waals surface area (Å²) >= 11 is 0. The number of aryl methyl sites for hydroxylation is 1. The van der Waals surface area contributed by atoms with Crippen molar-refractivity contribution in [1.29, 1.82) is 5.26 Å². The van der Waals surface area contributed by atoms with Gasteiger partial charge in [0, 0.05) is 26.2 Å². The van der Waals surface area contributed by atoms with Gasteiger partial charge in [0.1, 0.15) is 5.54 Å². The molecule has 0 spiro atoms. The molecule has 0 aromatic heterocycles.